The van der Waals surface area contributed by atoms with Gasteiger partial charge in [-0.05, 0) is 72.7 Å². The van der Waals surface area contributed by atoms with Crippen molar-refractivity contribution in [3.05, 3.63) is 29.8 Å². The molecule has 1 saturated carbocycles. The molecular weight excluding hydrogens is 399 g/mol. The summed E-state index contributed by atoms with van der Waals surface area (Å²) in [5, 5.41) is 0. The second-order valence-corrected chi connectivity index (χ2v) is 13.4. The topological polar surface area (TPSA) is 9.23 Å². The molecule has 1 aliphatic heterocycles. The molecule has 1 unspecified atom stereocenters. The lowest BCUT2D eigenvalue weighted by Gasteiger charge is -2.29. The summed E-state index contributed by atoms with van der Waals surface area (Å²) in [6, 6.07) is 12.7. The fourth-order valence-electron chi connectivity index (χ4n) is 5.79. The fourth-order valence-corrected chi connectivity index (χ4v) is 9.46. The van der Waals surface area contributed by atoms with Crippen LogP contribution in [-0.4, -0.2) is 14.6 Å². The second kappa shape index (κ2) is 12.3. The Morgan fingerprint density at radius 1 is 0.966 bits per heavy atom. The Hall–Kier alpha value is -0.543. The molecule has 1 aromatic carbocycles. The van der Waals surface area contributed by atoms with E-state index in [0.717, 1.165) is 11.8 Å². The van der Waals surface area contributed by atoms with Crippen molar-refractivity contribution in [1.82, 2.24) is 0 Å². The van der Waals surface area contributed by atoms with Gasteiger partial charge in [-0.1, -0.05) is 82.1 Å². The van der Waals surface area contributed by atoms with E-state index in [1.807, 2.05) is 12.1 Å². The molecule has 0 radical (unpaired) electrons. The van der Waals surface area contributed by atoms with E-state index in [4.69, 9.17) is 16.3 Å². The van der Waals surface area contributed by atoms with Gasteiger partial charge in [0.15, 0.2) is 0 Å². The van der Waals surface area contributed by atoms with Crippen molar-refractivity contribution in [2.24, 2.45) is 11.8 Å². The maximum absolute atomic E-state index is 12.7. The number of hydrogen-bond acceptors (Lipinski definition) is 1. The van der Waals surface area contributed by atoms with Crippen molar-refractivity contribution in [2.75, 3.05) is 0 Å². The largest absolute Gasteiger partial charge is 0.447 e. The van der Waals surface area contributed by atoms with E-state index in [9.17, 15) is 4.39 Å². The molecule has 0 spiro atoms. The highest BCUT2D eigenvalue weighted by Crippen LogP contribution is 2.38. The molecule has 0 aromatic heterocycles. The molecule has 1 atom stereocenters. The fraction of sp³-hybridized carbons (Fsp3) is 0.760. The normalized spacial score (nSPS) is 28.8. The molecule has 1 saturated heterocycles. The second-order valence-electron chi connectivity index (χ2n) is 9.63. The van der Waals surface area contributed by atoms with Crippen LogP contribution in [0.5, 0.6) is 5.75 Å². The van der Waals surface area contributed by atoms with Gasteiger partial charge in [-0.2, -0.15) is 4.39 Å². The maximum Gasteiger partial charge on any atom is 0.316 e. The van der Waals surface area contributed by atoms with Crippen LogP contribution < -0.4 is 4.74 Å². The smallest absolute Gasteiger partial charge is 0.316 e. The standard InChI is InChI=1S/C25H40ClFOSi/c1-2-17-29-18-15-21(16-19-29)6-4-3-5-20-7-9-22(10-8-20)23-11-13-24(14-12-23)28-25(26)27/h11-14,20-22,25,29H,2-10,15-19H2,1H3/t20-,21-,22-,25?,29-. The summed E-state index contributed by atoms with van der Waals surface area (Å²) in [6.45, 7) is 2.36. The Bertz CT molecular complexity index is 563. The lowest BCUT2D eigenvalue weighted by atomic mass is 9.77. The van der Waals surface area contributed by atoms with E-state index in [0.29, 0.717) is 11.7 Å². The SMILES string of the molecule is CCC[Si@H]1CC[C@H](CCCC[C@H]2CC[C@H](c3ccc(OC(F)Cl)cc3)CC2)CC1. The minimum absolute atomic E-state index is 0.300. The number of hydrogen-bond donors (Lipinski definition) is 0. The van der Waals surface area contributed by atoms with Gasteiger partial charge >= 0.3 is 5.82 Å². The van der Waals surface area contributed by atoms with Crippen molar-refractivity contribution in [3.63, 3.8) is 0 Å². The summed E-state index contributed by atoms with van der Waals surface area (Å²) in [7, 11) is -0.300. The Labute approximate surface area is 184 Å². The third-order valence-corrected chi connectivity index (χ3v) is 11.3. The molecule has 1 aromatic rings. The first-order valence-corrected chi connectivity index (χ1v) is 15.1. The number of unbranched alkanes of at least 4 members (excludes halogenated alkanes) is 1. The van der Waals surface area contributed by atoms with Crippen LogP contribution in [0.15, 0.2) is 24.3 Å². The molecular formula is C25H40ClFOSi. The van der Waals surface area contributed by atoms with E-state index in [2.05, 4.69) is 19.1 Å². The first-order chi connectivity index (χ1) is 14.1. The van der Waals surface area contributed by atoms with Crippen LogP contribution in [0.3, 0.4) is 0 Å². The van der Waals surface area contributed by atoms with Crippen LogP contribution in [0.2, 0.25) is 18.1 Å². The van der Waals surface area contributed by atoms with Crippen LogP contribution in [-0.2, 0) is 0 Å². The zero-order valence-corrected chi connectivity index (χ0v) is 20.2. The highest BCUT2D eigenvalue weighted by atomic mass is 35.5. The van der Waals surface area contributed by atoms with Crippen LogP contribution in [0.1, 0.15) is 89.0 Å². The van der Waals surface area contributed by atoms with Crippen LogP contribution in [0.4, 0.5) is 4.39 Å². The third-order valence-electron chi connectivity index (χ3n) is 7.56. The zero-order valence-electron chi connectivity index (χ0n) is 18.3. The lowest BCUT2D eigenvalue weighted by molar-refractivity contribution is 0.147. The average molecular weight is 439 g/mol. The van der Waals surface area contributed by atoms with Crippen molar-refractivity contribution >= 4 is 20.4 Å². The summed E-state index contributed by atoms with van der Waals surface area (Å²) in [5.41, 5.74) is 1.36. The van der Waals surface area contributed by atoms with Gasteiger partial charge in [0, 0.05) is 8.80 Å². The molecule has 1 heterocycles. The molecule has 3 rings (SSSR count). The summed E-state index contributed by atoms with van der Waals surface area (Å²) in [6.07, 6.45) is 15.7. The third kappa shape index (κ3) is 7.90. The lowest BCUT2D eigenvalue weighted by Crippen LogP contribution is -2.21. The minimum atomic E-state index is -1.77. The quantitative estimate of drug-likeness (QED) is 0.202. The Morgan fingerprint density at radius 3 is 2.10 bits per heavy atom. The van der Waals surface area contributed by atoms with Crippen LogP contribution in [0, 0.1) is 11.8 Å². The van der Waals surface area contributed by atoms with Crippen molar-refractivity contribution in [3.8, 4) is 5.75 Å². The number of ether oxygens (including phenoxy) is 1. The average Bonchev–Trinajstić information content (AvgIpc) is 2.73. The van der Waals surface area contributed by atoms with E-state index >= 15 is 0 Å². The summed E-state index contributed by atoms with van der Waals surface area (Å²) >= 11 is 5.24. The Kier molecular flexibility index (Phi) is 9.84. The summed E-state index contributed by atoms with van der Waals surface area (Å²) in [5.74, 6) is 1.38. The van der Waals surface area contributed by atoms with Gasteiger partial charge in [-0.3, -0.25) is 0 Å². The van der Waals surface area contributed by atoms with Crippen molar-refractivity contribution < 1.29 is 9.13 Å². The molecule has 1 nitrogen and oxygen atoms in total. The van der Waals surface area contributed by atoms with E-state index in [1.165, 1.54) is 63.4 Å². The molecule has 164 valence electrons. The van der Waals surface area contributed by atoms with Gasteiger partial charge in [-0.15, -0.1) is 0 Å². The molecule has 29 heavy (non-hydrogen) atoms. The van der Waals surface area contributed by atoms with Gasteiger partial charge in [0.25, 0.3) is 0 Å². The monoisotopic (exact) mass is 438 g/mol. The summed E-state index contributed by atoms with van der Waals surface area (Å²) in [4.78, 5) is 0. The molecule has 4 heteroatoms. The van der Waals surface area contributed by atoms with Crippen LogP contribution >= 0.6 is 11.6 Å². The molecule has 2 aliphatic rings. The van der Waals surface area contributed by atoms with Crippen molar-refractivity contribution in [1.29, 1.82) is 0 Å². The minimum Gasteiger partial charge on any atom is -0.447 e. The predicted octanol–water partition coefficient (Wildman–Crippen LogP) is 8.44. The number of alkyl halides is 2. The molecule has 0 amide bonds. The molecule has 1 aliphatic carbocycles. The first-order valence-electron chi connectivity index (χ1n) is 12.2. The Morgan fingerprint density at radius 2 is 1.55 bits per heavy atom. The van der Waals surface area contributed by atoms with Gasteiger partial charge in [0.2, 0.25) is 0 Å². The highest BCUT2D eigenvalue weighted by Gasteiger charge is 2.23. The molecule has 0 bridgehead atoms. The summed E-state index contributed by atoms with van der Waals surface area (Å²) < 4.78 is 17.6. The van der Waals surface area contributed by atoms with Crippen LogP contribution in [0.25, 0.3) is 0 Å². The predicted molar refractivity (Wildman–Crippen MR) is 126 cm³/mol. The van der Waals surface area contributed by atoms with Gasteiger partial charge in [0.05, 0.1) is 0 Å². The number of halogens is 2. The Balaban J connectivity index is 1.27. The first kappa shape index (κ1) is 23.1. The number of benzene rings is 1. The highest BCUT2D eigenvalue weighted by molar-refractivity contribution is 6.58. The maximum atomic E-state index is 12.7. The van der Waals surface area contributed by atoms with E-state index < -0.39 is 5.82 Å². The van der Waals surface area contributed by atoms with Gasteiger partial charge < -0.3 is 4.74 Å². The molecule has 2 fully saturated rings. The zero-order chi connectivity index (χ0) is 20.5. The van der Waals surface area contributed by atoms with Gasteiger partial charge in [0.1, 0.15) is 5.75 Å². The van der Waals surface area contributed by atoms with Gasteiger partial charge in [-0.25, -0.2) is 0 Å². The number of rotatable bonds is 10. The van der Waals surface area contributed by atoms with E-state index in [-0.39, 0.29) is 8.80 Å². The van der Waals surface area contributed by atoms with E-state index in [1.54, 1.807) is 31.0 Å². The van der Waals surface area contributed by atoms with Crippen molar-refractivity contribution in [2.45, 2.75) is 107 Å². The molecule has 0 N–H and O–H groups in total.